The third-order valence-corrected chi connectivity index (χ3v) is 9.39. The zero-order chi connectivity index (χ0) is 46.2. The molecule has 0 unspecified atom stereocenters. The summed E-state index contributed by atoms with van der Waals surface area (Å²) in [4.78, 5) is 140. The van der Waals surface area contributed by atoms with Crippen LogP contribution < -0.4 is 59.3 Å². The topological polar surface area (TPSA) is 351 Å². The van der Waals surface area contributed by atoms with Crippen molar-refractivity contribution < 1.29 is 52.7 Å². The first kappa shape index (κ1) is 52.1. The second-order valence-electron chi connectivity index (χ2n) is 15.5. The van der Waals surface area contributed by atoms with E-state index in [0.29, 0.717) is 6.42 Å². The van der Waals surface area contributed by atoms with Crippen molar-refractivity contribution in [2.24, 2.45) is 23.3 Å². The zero-order valence-corrected chi connectivity index (χ0v) is 36.0. The maximum absolute atomic E-state index is 13.3. The highest BCUT2D eigenvalue weighted by atomic mass is 16.2. The van der Waals surface area contributed by atoms with Gasteiger partial charge in [0, 0.05) is 6.54 Å². The lowest BCUT2D eigenvalue weighted by molar-refractivity contribution is -0.141. The molecule has 1 aliphatic rings. The molecule has 0 radical (unpaired) electrons. The van der Waals surface area contributed by atoms with Crippen LogP contribution >= 0.6 is 0 Å². The Hall–Kier alpha value is -5.87. The second kappa shape index (κ2) is 24.3. The average molecular weight is 853 g/mol. The van der Waals surface area contributed by atoms with E-state index in [1.807, 2.05) is 0 Å². The molecule has 13 N–H and O–H groups in total. The third kappa shape index (κ3) is 16.8. The van der Waals surface area contributed by atoms with Gasteiger partial charge in [-0.15, -0.1) is 0 Å². The summed E-state index contributed by atoms with van der Waals surface area (Å²) >= 11 is 0. The van der Waals surface area contributed by atoms with E-state index in [4.69, 9.17) is 11.5 Å². The van der Waals surface area contributed by atoms with Gasteiger partial charge in [0.15, 0.2) is 0 Å². The van der Waals surface area contributed by atoms with Crippen molar-refractivity contribution in [3.05, 3.63) is 0 Å². The van der Waals surface area contributed by atoms with E-state index in [1.54, 1.807) is 27.7 Å². The first-order valence-corrected chi connectivity index (χ1v) is 19.8. The molecule has 1 rings (SSSR count). The van der Waals surface area contributed by atoms with Crippen LogP contribution in [0.1, 0.15) is 82.1 Å². The fraction of sp³-hybridized carbons (Fsp3) is 0.703. The molecule has 9 atom stereocenters. The van der Waals surface area contributed by atoms with Crippen LogP contribution in [0.25, 0.3) is 0 Å². The number of nitrogens with zero attached hydrogens (tertiary/aromatic N) is 1. The molecule has 0 aromatic heterocycles. The van der Waals surface area contributed by atoms with Crippen LogP contribution in [-0.4, -0.2) is 144 Å². The van der Waals surface area contributed by atoms with Gasteiger partial charge < -0.3 is 64.2 Å². The lowest BCUT2D eigenvalue weighted by Gasteiger charge is -2.28. The Morgan fingerprint density at radius 1 is 0.517 bits per heavy atom. The molecule has 0 saturated carbocycles. The number of hydrogen-bond donors (Lipinski definition) is 11. The summed E-state index contributed by atoms with van der Waals surface area (Å²) in [6.07, 6.45) is 0.729. The van der Waals surface area contributed by atoms with E-state index in [9.17, 15) is 52.7 Å². The van der Waals surface area contributed by atoms with Gasteiger partial charge in [0.05, 0.1) is 19.1 Å². The standard InChI is InChI=1S/C37H64N12O11/c1-16(2)27(29(39)52)47-36(59)28(17(3)4)48-34(57)21(8)43-26(51)15-41-35(58)24-12-11-13-49(24)37(60)23(10)46-33(56)22(9)45-32(55)20(7)42-25(50)14-40-31(54)19(6)44-30(53)18(5)38/h16-24,27-28H,11-15,38H2,1-10H3,(H2,39,52)(H,40,54)(H,41,58)(H,42,50)(H,43,51)(H,44,53)(H,45,55)(H,46,56)(H,47,59)(H,48,57)/t18-,19+,20+,21+,22+,23+,24+,27+,28+/m1/s1. The molecule has 11 amide bonds. The van der Waals surface area contributed by atoms with Crippen LogP contribution in [0.4, 0.5) is 0 Å². The van der Waals surface area contributed by atoms with Gasteiger partial charge in [0.25, 0.3) is 0 Å². The molecule has 23 nitrogen and oxygen atoms in total. The quantitative estimate of drug-likeness (QED) is 0.0487. The number of carbonyl (C=O) groups is 11. The Labute approximate surface area is 349 Å². The highest BCUT2D eigenvalue weighted by molar-refractivity contribution is 5.98. The van der Waals surface area contributed by atoms with Gasteiger partial charge in [0.2, 0.25) is 65.0 Å². The molecule has 0 aromatic rings. The molecular weight excluding hydrogens is 788 g/mol. The Balaban J connectivity index is 2.64. The molecule has 0 aromatic carbocycles. The molecule has 23 heteroatoms. The molecule has 338 valence electrons. The first-order chi connectivity index (χ1) is 27.8. The molecule has 60 heavy (non-hydrogen) atoms. The highest BCUT2D eigenvalue weighted by Crippen LogP contribution is 2.18. The predicted molar refractivity (Wildman–Crippen MR) is 215 cm³/mol. The maximum atomic E-state index is 13.3. The van der Waals surface area contributed by atoms with Crippen LogP contribution in [0.5, 0.6) is 0 Å². The summed E-state index contributed by atoms with van der Waals surface area (Å²) in [6.45, 7) is 14.2. The predicted octanol–water partition coefficient (Wildman–Crippen LogP) is -5.15. The molecule has 1 fully saturated rings. The minimum absolute atomic E-state index is 0.187. The van der Waals surface area contributed by atoms with Crippen molar-refractivity contribution in [2.45, 2.75) is 136 Å². The molecular formula is C37H64N12O11. The number of nitrogens with two attached hydrogens (primary N) is 2. The van der Waals surface area contributed by atoms with Crippen LogP contribution in [0.2, 0.25) is 0 Å². The fourth-order valence-electron chi connectivity index (χ4n) is 5.71. The minimum Gasteiger partial charge on any atom is -0.368 e. The molecule has 1 aliphatic heterocycles. The lowest BCUT2D eigenvalue weighted by Crippen LogP contribution is -2.58. The van der Waals surface area contributed by atoms with Gasteiger partial charge in [-0.05, 0) is 66.2 Å². The van der Waals surface area contributed by atoms with Gasteiger partial charge in [-0.3, -0.25) is 52.7 Å². The fourth-order valence-corrected chi connectivity index (χ4v) is 5.71. The molecule has 0 bridgehead atoms. The van der Waals surface area contributed by atoms with Crippen molar-refractivity contribution >= 4 is 65.0 Å². The Bertz CT molecular complexity index is 1620. The second-order valence-corrected chi connectivity index (χ2v) is 15.5. The monoisotopic (exact) mass is 852 g/mol. The lowest BCUT2D eigenvalue weighted by atomic mass is 9.99. The molecule has 0 aliphatic carbocycles. The van der Waals surface area contributed by atoms with Crippen molar-refractivity contribution in [3.8, 4) is 0 Å². The summed E-state index contributed by atoms with van der Waals surface area (Å²) in [6, 6.07) is -9.32. The van der Waals surface area contributed by atoms with Gasteiger partial charge in [-0.2, -0.15) is 0 Å². The molecule has 0 spiro atoms. The van der Waals surface area contributed by atoms with Crippen LogP contribution in [0.15, 0.2) is 0 Å². The third-order valence-electron chi connectivity index (χ3n) is 9.39. The number of amides is 11. The van der Waals surface area contributed by atoms with Crippen molar-refractivity contribution in [3.63, 3.8) is 0 Å². The number of likely N-dealkylation sites (tertiary alicyclic amines) is 1. The van der Waals surface area contributed by atoms with Crippen LogP contribution in [0.3, 0.4) is 0 Å². The van der Waals surface area contributed by atoms with E-state index in [0.717, 1.165) is 0 Å². The number of hydrogen-bond acceptors (Lipinski definition) is 12. The number of nitrogens with one attached hydrogen (secondary N) is 9. The van der Waals surface area contributed by atoms with E-state index in [2.05, 4.69) is 47.9 Å². The van der Waals surface area contributed by atoms with E-state index in [1.165, 1.54) is 46.4 Å². The van der Waals surface area contributed by atoms with Crippen molar-refractivity contribution in [2.75, 3.05) is 19.6 Å². The number of carbonyl (C=O) groups excluding carboxylic acids is 11. The van der Waals surface area contributed by atoms with Gasteiger partial charge in [-0.25, -0.2) is 0 Å². The summed E-state index contributed by atoms with van der Waals surface area (Å²) in [5.41, 5.74) is 10.8. The summed E-state index contributed by atoms with van der Waals surface area (Å²) < 4.78 is 0. The van der Waals surface area contributed by atoms with Gasteiger partial charge in [-0.1, -0.05) is 27.7 Å². The van der Waals surface area contributed by atoms with Crippen LogP contribution in [0, 0.1) is 11.8 Å². The summed E-state index contributed by atoms with van der Waals surface area (Å²) in [5, 5.41) is 22.0. The smallest absolute Gasteiger partial charge is 0.245 e. The number of primary amides is 1. The van der Waals surface area contributed by atoms with Gasteiger partial charge >= 0.3 is 0 Å². The van der Waals surface area contributed by atoms with Crippen molar-refractivity contribution in [1.82, 2.24) is 52.8 Å². The SMILES string of the molecule is CC(C)[C@H](NC(=O)[C@@H](NC(=O)[C@H](C)NC(=O)CNC(=O)[C@@H]1CCCN1C(=O)[C@H](C)NC(=O)[C@H](C)NC(=O)[C@H](C)NC(=O)CNC(=O)[C@H](C)NC(=O)[C@@H](C)N)C(C)C)C(N)=O. The largest absolute Gasteiger partial charge is 0.368 e. The minimum atomic E-state index is -1.16. The Morgan fingerprint density at radius 3 is 1.42 bits per heavy atom. The van der Waals surface area contributed by atoms with Gasteiger partial charge in [0.1, 0.15) is 48.3 Å². The van der Waals surface area contributed by atoms with E-state index < -0.39 is 132 Å². The highest BCUT2D eigenvalue weighted by Gasteiger charge is 2.37. The normalized spacial score (nSPS) is 17.6. The van der Waals surface area contributed by atoms with Crippen LogP contribution in [-0.2, 0) is 52.7 Å². The van der Waals surface area contributed by atoms with E-state index in [-0.39, 0.29) is 24.8 Å². The molecule has 1 saturated heterocycles. The molecule has 1 heterocycles. The Morgan fingerprint density at radius 2 is 0.933 bits per heavy atom. The maximum Gasteiger partial charge on any atom is 0.245 e. The van der Waals surface area contributed by atoms with E-state index >= 15 is 0 Å². The first-order valence-electron chi connectivity index (χ1n) is 19.8. The summed E-state index contributed by atoms with van der Waals surface area (Å²) in [5.74, 6) is -8.12. The number of rotatable bonds is 22. The summed E-state index contributed by atoms with van der Waals surface area (Å²) in [7, 11) is 0. The zero-order valence-electron chi connectivity index (χ0n) is 36.0. The Kier molecular flexibility index (Phi) is 21.1. The van der Waals surface area contributed by atoms with Crippen molar-refractivity contribution in [1.29, 1.82) is 0 Å². The average Bonchev–Trinajstić information content (AvgIpc) is 3.66.